The van der Waals surface area contributed by atoms with Gasteiger partial charge in [0, 0.05) is 25.6 Å². The number of fused-ring (bicyclic) bond motifs is 1. The van der Waals surface area contributed by atoms with Gasteiger partial charge in [-0.05, 0) is 32.0 Å². The lowest BCUT2D eigenvalue weighted by molar-refractivity contribution is -0.145. The van der Waals surface area contributed by atoms with Crippen LogP contribution in [-0.2, 0) is 9.59 Å². The van der Waals surface area contributed by atoms with Gasteiger partial charge in [0.05, 0.1) is 22.0 Å². The van der Waals surface area contributed by atoms with Gasteiger partial charge >= 0.3 is 5.97 Å². The molecule has 0 bridgehead atoms. The van der Waals surface area contributed by atoms with E-state index in [0.29, 0.717) is 21.8 Å². The number of carbonyl (C=O) groups excluding carboxylic acids is 2. The number of aromatic nitrogens is 3. The van der Waals surface area contributed by atoms with Crippen LogP contribution in [0.2, 0.25) is 5.02 Å². The third-order valence-corrected chi connectivity index (χ3v) is 6.01. The Morgan fingerprint density at radius 2 is 1.94 bits per heavy atom. The number of nitrogens with zero attached hydrogens (tertiary/aromatic N) is 5. The van der Waals surface area contributed by atoms with Crippen molar-refractivity contribution in [2.45, 2.75) is 26.3 Å². The zero-order valence-electron chi connectivity index (χ0n) is 17.7. The minimum Gasteiger partial charge on any atom is -0.478 e. The van der Waals surface area contributed by atoms with Crippen LogP contribution in [0.1, 0.15) is 31.1 Å². The number of hydrogen-bond donors (Lipinski definition) is 2. The van der Waals surface area contributed by atoms with E-state index < -0.39 is 11.5 Å². The van der Waals surface area contributed by atoms with Gasteiger partial charge in [-0.15, -0.1) is 0 Å². The van der Waals surface area contributed by atoms with Crippen molar-refractivity contribution < 1.29 is 19.5 Å². The van der Waals surface area contributed by atoms with Gasteiger partial charge in [-0.25, -0.2) is 14.3 Å². The third kappa shape index (κ3) is 3.23. The number of aromatic carboxylic acids is 1. The minimum absolute atomic E-state index is 0.0322. The van der Waals surface area contributed by atoms with E-state index in [4.69, 9.17) is 17.3 Å². The van der Waals surface area contributed by atoms with Crippen molar-refractivity contribution in [3.8, 4) is 11.3 Å². The van der Waals surface area contributed by atoms with Gasteiger partial charge in [-0.3, -0.25) is 9.59 Å². The lowest BCUT2D eigenvalue weighted by atomic mass is 9.95. The smallest absolute Gasteiger partial charge is 0.337 e. The summed E-state index contributed by atoms with van der Waals surface area (Å²) in [6.45, 7) is 5.14. The van der Waals surface area contributed by atoms with Gasteiger partial charge < -0.3 is 20.6 Å². The molecule has 3 heterocycles. The summed E-state index contributed by atoms with van der Waals surface area (Å²) in [5, 5.41) is 14.3. The largest absolute Gasteiger partial charge is 0.478 e. The van der Waals surface area contributed by atoms with Crippen molar-refractivity contribution in [1.29, 1.82) is 0 Å². The fourth-order valence-electron chi connectivity index (χ4n) is 4.13. The van der Waals surface area contributed by atoms with Crippen LogP contribution in [0.4, 0.5) is 11.5 Å². The van der Waals surface area contributed by atoms with Gasteiger partial charge in [-0.1, -0.05) is 17.7 Å². The fraction of sp³-hybridized carbons (Fsp3) is 0.286. The van der Waals surface area contributed by atoms with E-state index in [9.17, 15) is 19.5 Å². The van der Waals surface area contributed by atoms with Crippen LogP contribution < -0.4 is 10.6 Å². The molecular weight excluding hydrogens is 436 g/mol. The first-order valence-electron chi connectivity index (χ1n) is 9.79. The Kier molecular flexibility index (Phi) is 5.04. The normalized spacial score (nSPS) is 15.9. The van der Waals surface area contributed by atoms with Crippen molar-refractivity contribution in [1.82, 2.24) is 19.5 Å². The zero-order chi connectivity index (χ0) is 23.4. The van der Waals surface area contributed by atoms with Crippen LogP contribution in [0.5, 0.6) is 0 Å². The quantitative estimate of drug-likeness (QED) is 0.617. The number of halogens is 1. The van der Waals surface area contributed by atoms with Crippen molar-refractivity contribution in [2.24, 2.45) is 0 Å². The Labute approximate surface area is 188 Å². The SMILES string of the molecule is CC(=O)N1CCN(c2cc(-c3cc(Cl)c4c(N)ncnn34)ccc2C(=O)O)C(=O)C1(C)C. The van der Waals surface area contributed by atoms with E-state index in [1.165, 1.54) is 33.6 Å². The predicted octanol–water partition coefficient (Wildman–Crippen LogP) is 2.30. The molecule has 0 spiro atoms. The molecule has 32 heavy (non-hydrogen) atoms. The summed E-state index contributed by atoms with van der Waals surface area (Å²) in [5.41, 5.74) is 6.58. The molecule has 0 radical (unpaired) electrons. The summed E-state index contributed by atoms with van der Waals surface area (Å²) in [6.07, 6.45) is 1.29. The average Bonchev–Trinajstić information content (AvgIpc) is 3.07. The number of piperazine rings is 1. The Bertz CT molecular complexity index is 1280. The second-order valence-corrected chi connectivity index (χ2v) is 8.41. The molecule has 0 aliphatic carbocycles. The number of carboxylic acids is 1. The summed E-state index contributed by atoms with van der Waals surface area (Å²) < 4.78 is 1.52. The minimum atomic E-state index is -1.17. The molecule has 0 unspecified atom stereocenters. The predicted molar refractivity (Wildman–Crippen MR) is 119 cm³/mol. The van der Waals surface area contributed by atoms with Crippen molar-refractivity contribution in [3.05, 3.63) is 41.2 Å². The maximum Gasteiger partial charge on any atom is 0.337 e. The average molecular weight is 457 g/mol. The summed E-state index contributed by atoms with van der Waals surface area (Å²) >= 11 is 6.33. The number of rotatable bonds is 3. The summed E-state index contributed by atoms with van der Waals surface area (Å²) in [4.78, 5) is 44.1. The van der Waals surface area contributed by atoms with Gasteiger partial charge in [0.1, 0.15) is 17.4 Å². The molecule has 1 aliphatic rings. The summed E-state index contributed by atoms with van der Waals surface area (Å²) in [7, 11) is 0. The maximum absolute atomic E-state index is 13.3. The summed E-state index contributed by atoms with van der Waals surface area (Å²) in [5.74, 6) is -1.56. The first-order valence-corrected chi connectivity index (χ1v) is 10.2. The van der Waals surface area contributed by atoms with Crippen LogP contribution in [0.3, 0.4) is 0 Å². The van der Waals surface area contributed by atoms with Crippen LogP contribution in [-0.4, -0.2) is 61.0 Å². The van der Waals surface area contributed by atoms with Crippen LogP contribution in [0, 0.1) is 0 Å². The van der Waals surface area contributed by atoms with Crippen LogP contribution >= 0.6 is 11.6 Å². The molecule has 11 heteroatoms. The van der Waals surface area contributed by atoms with E-state index in [0.717, 1.165) is 0 Å². The molecule has 0 saturated carbocycles. The second kappa shape index (κ2) is 7.49. The lowest BCUT2D eigenvalue weighted by Crippen LogP contribution is -2.64. The Balaban J connectivity index is 1.87. The van der Waals surface area contributed by atoms with Crippen LogP contribution in [0.25, 0.3) is 16.8 Å². The molecule has 4 rings (SSSR count). The Morgan fingerprint density at radius 3 is 2.59 bits per heavy atom. The number of nitrogens with two attached hydrogens (primary N) is 1. The highest BCUT2D eigenvalue weighted by atomic mass is 35.5. The maximum atomic E-state index is 13.3. The third-order valence-electron chi connectivity index (χ3n) is 5.72. The van der Waals surface area contributed by atoms with Crippen molar-refractivity contribution in [3.63, 3.8) is 0 Å². The van der Waals surface area contributed by atoms with Gasteiger partial charge in [-0.2, -0.15) is 5.10 Å². The molecule has 166 valence electrons. The topological polar surface area (TPSA) is 134 Å². The molecule has 1 fully saturated rings. The number of anilines is 2. The highest BCUT2D eigenvalue weighted by molar-refractivity contribution is 6.35. The standard InChI is InChI=1S/C21H21ClN6O4/c1-11(29)27-7-6-26(20(32)21(27,2)3)16-8-12(4-5-13(16)19(30)31)15-9-14(22)17-18(23)24-10-25-28(15)17/h4-5,8-10H,6-7H2,1-3H3,(H,30,31)(H2,23,24,25). The van der Waals surface area contributed by atoms with Crippen LogP contribution in [0.15, 0.2) is 30.6 Å². The van der Waals surface area contributed by atoms with E-state index in [1.54, 1.807) is 32.0 Å². The lowest BCUT2D eigenvalue weighted by Gasteiger charge is -2.45. The fourth-order valence-corrected chi connectivity index (χ4v) is 4.41. The zero-order valence-corrected chi connectivity index (χ0v) is 18.4. The van der Waals surface area contributed by atoms with E-state index in [1.807, 2.05) is 0 Å². The van der Waals surface area contributed by atoms with Crippen molar-refractivity contribution >= 4 is 46.4 Å². The first-order chi connectivity index (χ1) is 15.0. The van der Waals surface area contributed by atoms with Crippen molar-refractivity contribution in [2.75, 3.05) is 23.7 Å². The number of carbonyl (C=O) groups is 3. The number of amides is 2. The van der Waals surface area contributed by atoms with Gasteiger partial charge in [0.2, 0.25) is 5.91 Å². The Morgan fingerprint density at radius 1 is 1.22 bits per heavy atom. The second-order valence-electron chi connectivity index (χ2n) is 8.01. The molecule has 0 atom stereocenters. The van der Waals surface area contributed by atoms with E-state index >= 15 is 0 Å². The highest BCUT2D eigenvalue weighted by Crippen LogP contribution is 2.36. The number of carboxylic acid groups (broad SMARTS) is 1. The monoisotopic (exact) mass is 456 g/mol. The van der Waals surface area contributed by atoms with E-state index in [-0.39, 0.29) is 42.0 Å². The molecule has 10 nitrogen and oxygen atoms in total. The number of hydrogen-bond acceptors (Lipinski definition) is 6. The molecule has 1 aliphatic heterocycles. The number of benzene rings is 1. The molecule has 1 saturated heterocycles. The highest BCUT2D eigenvalue weighted by Gasteiger charge is 2.44. The first kappa shape index (κ1) is 21.6. The molecule has 2 amide bonds. The van der Waals surface area contributed by atoms with Gasteiger partial charge in [0.15, 0.2) is 5.82 Å². The molecule has 3 N–H and O–H groups in total. The van der Waals surface area contributed by atoms with E-state index in [2.05, 4.69) is 10.1 Å². The molecule has 2 aromatic heterocycles. The summed E-state index contributed by atoms with van der Waals surface area (Å²) in [6, 6.07) is 6.31. The van der Waals surface area contributed by atoms with Gasteiger partial charge in [0.25, 0.3) is 5.91 Å². The molecular formula is C21H21ClN6O4. The Hall–Kier alpha value is -3.66. The molecule has 1 aromatic carbocycles. The number of nitrogen functional groups attached to an aromatic ring is 1. The molecule has 3 aromatic rings.